The van der Waals surface area contributed by atoms with Crippen molar-refractivity contribution >= 4 is 46.0 Å². The van der Waals surface area contributed by atoms with E-state index in [0.717, 1.165) is 34.9 Å². The second kappa shape index (κ2) is 11.3. The van der Waals surface area contributed by atoms with Crippen LogP contribution in [-0.4, -0.2) is 69.6 Å². The van der Waals surface area contributed by atoms with Gasteiger partial charge in [-0.05, 0) is 47.7 Å². The first kappa shape index (κ1) is 27.9. The molecule has 4 aliphatic rings. The molecular formula is C35H34N2O5S. The smallest absolute Gasteiger partial charge is 0.311 e. The number of ether oxygens (including phenoxy) is 1. The number of fused-ring (bicyclic) bond motifs is 3. The molecule has 1 N–H and O–H groups in total. The van der Waals surface area contributed by atoms with Crippen molar-refractivity contribution in [2.24, 2.45) is 11.8 Å². The van der Waals surface area contributed by atoms with Crippen LogP contribution in [-0.2, 0) is 25.5 Å². The van der Waals surface area contributed by atoms with E-state index in [2.05, 4.69) is 6.08 Å². The first-order chi connectivity index (χ1) is 21.0. The Hall–Kier alpha value is -3.88. The number of likely N-dealkylation sites (tertiary alicyclic amines) is 1. The van der Waals surface area contributed by atoms with Crippen molar-refractivity contribution in [3.8, 4) is 0 Å². The van der Waals surface area contributed by atoms with E-state index < -0.39 is 28.7 Å². The highest BCUT2D eigenvalue weighted by atomic mass is 32.2. The molecule has 220 valence electrons. The number of cyclic esters (lactones) is 1. The molecule has 7 nitrogen and oxygen atoms in total. The molecule has 3 aromatic carbocycles. The van der Waals surface area contributed by atoms with Crippen LogP contribution in [0.2, 0.25) is 0 Å². The van der Waals surface area contributed by atoms with Crippen molar-refractivity contribution in [1.29, 1.82) is 0 Å². The Morgan fingerprint density at radius 1 is 0.953 bits per heavy atom. The Kier molecular flexibility index (Phi) is 7.35. The second-order valence-electron chi connectivity index (χ2n) is 11.7. The molecule has 1 unspecified atom stereocenters. The predicted molar refractivity (Wildman–Crippen MR) is 168 cm³/mol. The first-order valence-electron chi connectivity index (χ1n) is 15.0. The van der Waals surface area contributed by atoms with Gasteiger partial charge in [-0.3, -0.25) is 14.4 Å². The maximum absolute atomic E-state index is 14.9. The zero-order valence-corrected chi connectivity index (χ0v) is 24.6. The molecule has 0 saturated carbocycles. The van der Waals surface area contributed by atoms with Gasteiger partial charge < -0.3 is 19.6 Å². The number of anilines is 1. The highest BCUT2D eigenvalue weighted by Crippen LogP contribution is 2.61. The fraction of sp³-hybridized carbons (Fsp3) is 0.343. The highest BCUT2D eigenvalue weighted by Gasteiger charge is 2.71. The normalized spacial score (nSPS) is 30.0. The number of aliphatic hydroxyl groups is 1. The molecule has 0 aromatic heterocycles. The molecule has 2 amide bonds. The van der Waals surface area contributed by atoms with Crippen molar-refractivity contribution in [3.63, 3.8) is 0 Å². The Balaban J connectivity index is 1.35. The highest BCUT2D eigenvalue weighted by molar-refractivity contribution is 8.02. The van der Waals surface area contributed by atoms with E-state index in [0.29, 0.717) is 19.6 Å². The minimum atomic E-state index is -0.984. The van der Waals surface area contributed by atoms with Gasteiger partial charge in [-0.2, -0.15) is 0 Å². The van der Waals surface area contributed by atoms with Crippen molar-refractivity contribution in [2.75, 3.05) is 24.7 Å². The summed E-state index contributed by atoms with van der Waals surface area (Å²) in [7, 11) is 0. The molecule has 0 bridgehead atoms. The van der Waals surface area contributed by atoms with Gasteiger partial charge >= 0.3 is 5.97 Å². The van der Waals surface area contributed by atoms with Gasteiger partial charge in [0.25, 0.3) is 5.91 Å². The Morgan fingerprint density at radius 3 is 2.56 bits per heavy atom. The number of esters is 1. The number of nitrogens with zero attached hydrogens (tertiary/aromatic N) is 2. The number of hydrogen-bond donors (Lipinski definition) is 1. The lowest BCUT2D eigenvalue weighted by Crippen LogP contribution is -2.57. The van der Waals surface area contributed by atoms with E-state index in [4.69, 9.17) is 4.74 Å². The molecule has 4 aliphatic heterocycles. The standard InChI is InChI=1S/C35H34N2O5S/c38-22-27(20-23-10-3-1-4-11-23)37-31-33(40)36(26-16-15-24-12-6-7-13-25(24)21-26)18-9-17-35(31)30(32(37)39)29-28(43-35)14-5-2-8-19-42-34(29)41/h1,3-7,9-17,21,27-31,38H,2,8,18-20,22H2/b14-5-/t27-,28+,29-,30+,31?,35+/m1/s1. The average Bonchev–Trinajstić information content (AvgIpc) is 3.45. The number of allylic oxidation sites excluding steroid dienone is 1. The summed E-state index contributed by atoms with van der Waals surface area (Å²) in [5.74, 6) is -2.38. The molecule has 0 radical (unpaired) electrons. The zero-order valence-electron chi connectivity index (χ0n) is 23.7. The van der Waals surface area contributed by atoms with Gasteiger partial charge in [-0.25, -0.2) is 0 Å². The zero-order chi connectivity index (χ0) is 29.6. The lowest BCUT2D eigenvalue weighted by atomic mass is 9.78. The van der Waals surface area contributed by atoms with Gasteiger partial charge in [0.15, 0.2) is 0 Å². The first-order valence-corrected chi connectivity index (χ1v) is 15.9. The fourth-order valence-electron chi connectivity index (χ4n) is 7.30. The van der Waals surface area contributed by atoms with E-state index in [1.807, 2.05) is 91.0 Å². The molecule has 8 heteroatoms. The average molecular weight is 595 g/mol. The summed E-state index contributed by atoms with van der Waals surface area (Å²) in [6.45, 7) is 0.328. The van der Waals surface area contributed by atoms with E-state index >= 15 is 0 Å². The molecular weight excluding hydrogens is 560 g/mol. The lowest BCUT2D eigenvalue weighted by molar-refractivity contribution is -0.153. The number of carbonyl (C=O) groups is 3. The second-order valence-corrected chi connectivity index (χ2v) is 13.2. The largest absolute Gasteiger partial charge is 0.465 e. The maximum Gasteiger partial charge on any atom is 0.311 e. The van der Waals surface area contributed by atoms with E-state index in [1.165, 1.54) is 11.8 Å². The van der Waals surface area contributed by atoms with Gasteiger partial charge in [0, 0.05) is 17.5 Å². The molecule has 6 atom stereocenters. The van der Waals surface area contributed by atoms with E-state index in [1.54, 1.807) is 9.80 Å². The summed E-state index contributed by atoms with van der Waals surface area (Å²) < 4.78 is 4.70. The van der Waals surface area contributed by atoms with Crippen LogP contribution in [0.4, 0.5) is 5.69 Å². The molecule has 1 spiro atoms. The van der Waals surface area contributed by atoms with Crippen molar-refractivity contribution in [3.05, 3.63) is 103 Å². The van der Waals surface area contributed by atoms with Crippen molar-refractivity contribution in [2.45, 2.75) is 41.3 Å². The molecule has 3 aromatic rings. The minimum Gasteiger partial charge on any atom is -0.465 e. The maximum atomic E-state index is 14.9. The van der Waals surface area contributed by atoms with Crippen LogP contribution in [0.25, 0.3) is 10.8 Å². The fourth-order valence-corrected chi connectivity index (χ4v) is 9.29. The summed E-state index contributed by atoms with van der Waals surface area (Å²) in [4.78, 5) is 46.4. The number of benzene rings is 3. The van der Waals surface area contributed by atoms with Gasteiger partial charge in [-0.1, -0.05) is 85.0 Å². The number of hydrogen-bond acceptors (Lipinski definition) is 6. The van der Waals surface area contributed by atoms with Crippen LogP contribution in [0.1, 0.15) is 18.4 Å². The summed E-state index contributed by atoms with van der Waals surface area (Å²) in [6, 6.07) is 22.1. The number of thioether (sulfide) groups is 1. The third-order valence-corrected chi connectivity index (χ3v) is 11.0. The number of amides is 2. The van der Waals surface area contributed by atoms with Crippen molar-refractivity contribution in [1.82, 2.24) is 4.90 Å². The topological polar surface area (TPSA) is 87.2 Å². The van der Waals surface area contributed by atoms with Gasteiger partial charge in [0.05, 0.1) is 35.8 Å². The Labute approximate surface area is 255 Å². The SMILES string of the molecule is O=C1OCCC/C=C\[C@@H]2S[C@]34C=CCN(c5ccc6ccccc6c5)C(=O)C3N([C@@H](CO)Cc3ccccc3)C(=O)[C@@H]4[C@H]12. The Morgan fingerprint density at radius 2 is 1.74 bits per heavy atom. The monoisotopic (exact) mass is 594 g/mol. The van der Waals surface area contributed by atoms with Crippen LogP contribution < -0.4 is 4.90 Å². The number of carbonyl (C=O) groups excluding carboxylic acids is 3. The van der Waals surface area contributed by atoms with Crippen LogP contribution >= 0.6 is 11.8 Å². The van der Waals surface area contributed by atoms with E-state index in [9.17, 15) is 19.5 Å². The van der Waals surface area contributed by atoms with Gasteiger partial charge in [0.1, 0.15) is 6.04 Å². The summed E-state index contributed by atoms with van der Waals surface area (Å²) in [6.07, 6.45) is 9.97. The van der Waals surface area contributed by atoms with E-state index in [-0.39, 0.29) is 29.6 Å². The van der Waals surface area contributed by atoms with Crippen molar-refractivity contribution < 1.29 is 24.2 Å². The van der Waals surface area contributed by atoms with Crippen LogP contribution in [0.15, 0.2) is 97.1 Å². The summed E-state index contributed by atoms with van der Waals surface area (Å²) in [5.41, 5.74) is 1.70. The molecule has 2 fully saturated rings. The van der Waals surface area contributed by atoms with Gasteiger partial charge in [0.2, 0.25) is 5.91 Å². The molecule has 4 heterocycles. The summed E-state index contributed by atoms with van der Waals surface area (Å²) >= 11 is 1.52. The van der Waals surface area contributed by atoms with Crippen LogP contribution in [0, 0.1) is 11.8 Å². The van der Waals surface area contributed by atoms with Gasteiger partial charge in [-0.15, -0.1) is 11.8 Å². The molecule has 43 heavy (non-hydrogen) atoms. The predicted octanol–water partition coefficient (Wildman–Crippen LogP) is 4.54. The van der Waals surface area contributed by atoms with Crippen LogP contribution in [0.3, 0.4) is 0 Å². The molecule has 0 aliphatic carbocycles. The quantitative estimate of drug-likeness (QED) is 0.345. The number of aliphatic hydroxyl groups excluding tert-OH is 1. The third kappa shape index (κ3) is 4.68. The third-order valence-electron chi connectivity index (χ3n) is 9.25. The minimum absolute atomic E-state index is 0.209. The summed E-state index contributed by atoms with van der Waals surface area (Å²) in [5, 5.41) is 12.5. The Bertz CT molecular complexity index is 1620. The lowest BCUT2D eigenvalue weighted by Gasteiger charge is -2.38. The van der Waals surface area contributed by atoms with Crippen LogP contribution in [0.5, 0.6) is 0 Å². The molecule has 7 rings (SSSR count). The molecule has 2 saturated heterocycles. The number of rotatable bonds is 5.